The molecule has 0 spiro atoms. The molecular formula is C13H18O2. The smallest absolute Gasteiger partial charge is 0.115 e. The summed E-state index contributed by atoms with van der Waals surface area (Å²) in [6.45, 7) is 0. The van der Waals surface area contributed by atoms with Gasteiger partial charge in [-0.25, -0.2) is 0 Å². The Labute approximate surface area is 90.6 Å². The van der Waals surface area contributed by atoms with Crippen LogP contribution in [0.3, 0.4) is 0 Å². The first-order valence-electron chi connectivity index (χ1n) is 5.68. The van der Waals surface area contributed by atoms with E-state index >= 15 is 0 Å². The van der Waals surface area contributed by atoms with Gasteiger partial charge in [0.25, 0.3) is 0 Å². The standard InChI is InChI=1S/C13H18O2/c14-12-6-4-11(5-7-12)10-13(15)8-2-1-3-9-13/h4-7,14-15H,1-3,8-10H2. The molecule has 2 heteroatoms. The van der Waals surface area contributed by atoms with Crippen molar-refractivity contribution in [3.05, 3.63) is 29.8 Å². The number of aliphatic hydroxyl groups is 1. The summed E-state index contributed by atoms with van der Waals surface area (Å²) in [5.74, 6) is 0.286. The van der Waals surface area contributed by atoms with Crippen LogP contribution in [0.5, 0.6) is 5.75 Å². The highest BCUT2D eigenvalue weighted by atomic mass is 16.3. The van der Waals surface area contributed by atoms with Gasteiger partial charge in [0.2, 0.25) is 0 Å². The van der Waals surface area contributed by atoms with E-state index in [2.05, 4.69) is 0 Å². The third-order valence-corrected chi connectivity index (χ3v) is 3.25. The van der Waals surface area contributed by atoms with Gasteiger partial charge in [-0.3, -0.25) is 0 Å². The van der Waals surface area contributed by atoms with Crippen LogP contribution < -0.4 is 0 Å². The van der Waals surface area contributed by atoms with Crippen LogP contribution >= 0.6 is 0 Å². The van der Waals surface area contributed by atoms with E-state index in [1.165, 1.54) is 6.42 Å². The molecule has 1 aliphatic rings. The fraction of sp³-hybridized carbons (Fsp3) is 0.538. The lowest BCUT2D eigenvalue weighted by Gasteiger charge is -2.32. The van der Waals surface area contributed by atoms with E-state index in [0.29, 0.717) is 6.42 Å². The van der Waals surface area contributed by atoms with Crippen molar-refractivity contribution in [1.82, 2.24) is 0 Å². The van der Waals surface area contributed by atoms with Crippen molar-refractivity contribution in [2.24, 2.45) is 0 Å². The molecule has 2 N–H and O–H groups in total. The van der Waals surface area contributed by atoms with Crippen molar-refractivity contribution >= 4 is 0 Å². The van der Waals surface area contributed by atoms with Gasteiger partial charge in [-0.2, -0.15) is 0 Å². The number of phenolic OH excluding ortho intramolecular Hbond substituents is 1. The number of hydrogen-bond donors (Lipinski definition) is 2. The number of aromatic hydroxyl groups is 1. The van der Waals surface area contributed by atoms with Crippen LogP contribution in [0.15, 0.2) is 24.3 Å². The maximum Gasteiger partial charge on any atom is 0.115 e. The highest BCUT2D eigenvalue weighted by Crippen LogP contribution is 2.31. The summed E-state index contributed by atoms with van der Waals surface area (Å²) in [6.07, 6.45) is 6.05. The average molecular weight is 206 g/mol. The van der Waals surface area contributed by atoms with Gasteiger partial charge >= 0.3 is 0 Å². The second-order valence-corrected chi connectivity index (χ2v) is 4.63. The van der Waals surface area contributed by atoms with Gasteiger partial charge in [-0.05, 0) is 30.5 Å². The largest absolute Gasteiger partial charge is 0.508 e. The Morgan fingerprint density at radius 2 is 1.60 bits per heavy atom. The minimum Gasteiger partial charge on any atom is -0.508 e. The Bertz CT molecular complexity index is 310. The summed E-state index contributed by atoms with van der Waals surface area (Å²) in [6, 6.07) is 7.15. The fourth-order valence-electron chi connectivity index (χ4n) is 2.38. The Kier molecular flexibility index (Phi) is 2.96. The van der Waals surface area contributed by atoms with Crippen molar-refractivity contribution < 1.29 is 10.2 Å². The summed E-state index contributed by atoms with van der Waals surface area (Å²) in [7, 11) is 0. The predicted molar refractivity (Wildman–Crippen MR) is 59.8 cm³/mol. The van der Waals surface area contributed by atoms with Gasteiger partial charge in [0.05, 0.1) is 5.60 Å². The lowest BCUT2D eigenvalue weighted by molar-refractivity contribution is 0.00448. The molecule has 82 valence electrons. The first-order valence-corrected chi connectivity index (χ1v) is 5.68. The summed E-state index contributed by atoms with van der Waals surface area (Å²) < 4.78 is 0. The Morgan fingerprint density at radius 3 is 2.20 bits per heavy atom. The topological polar surface area (TPSA) is 40.5 Å². The molecule has 1 fully saturated rings. The van der Waals surface area contributed by atoms with Crippen LogP contribution in [0.25, 0.3) is 0 Å². The minimum absolute atomic E-state index is 0.286. The predicted octanol–water partition coefficient (Wildman–Crippen LogP) is 2.63. The molecule has 1 aromatic rings. The van der Waals surface area contributed by atoms with Gasteiger partial charge in [-0.1, -0.05) is 31.4 Å². The highest BCUT2D eigenvalue weighted by Gasteiger charge is 2.28. The summed E-state index contributed by atoms with van der Waals surface area (Å²) in [4.78, 5) is 0. The Morgan fingerprint density at radius 1 is 1.00 bits per heavy atom. The second-order valence-electron chi connectivity index (χ2n) is 4.63. The molecule has 1 aliphatic carbocycles. The quantitative estimate of drug-likeness (QED) is 0.781. The van der Waals surface area contributed by atoms with Gasteiger partial charge in [0, 0.05) is 6.42 Å². The highest BCUT2D eigenvalue weighted by molar-refractivity contribution is 5.26. The SMILES string of the molecule is Oc1ccc(CC2(O)CCCCC2)cc1. The summed E-state index contributed by atoms with van der Waals surface area (Å²) in [5, 5.41) is 19.5. The van der Waals surface area contributed by atoms with E-state index in [4.69, 9.17) is 5.11 Å². The lowest BCUT2D eigenvalue weighted by Crippen LogP contribution is -2.33. The van der Waals surface area contributed by atoms with Crippen molar-refractivity contribution in [3.8, 4) is 5.75 Å². The molecule has 0 saturated heterocycles. The molecule has 0 aromatic heterocycles. The van der Waals surface area contributed by atoms with Crippen LogP contribution in [-0.2, 0) is 6.42 Å². The van der Waals surface area contributed by atoms with E-state index in [9.17, 15) is 5.11 Å². The minimum atomic E-state index is -0.505. The molecule has 2 nitrogen and oxygen atoms in total. The molecule has 15 heavy (non-hydrogen) atoms. The third-order valence-electron chi connectivity index (χ3n) is 3.25. The Balaban J connectivity index is 2.03. The van der Waals surface area contributed by atoms with Crippen LogP contribution in [-0.4, -0.2) is 15.8 Å². The zero-order chi connectivity index (χ0) is 10.7. The van der Waals surface area contributed by atoms with Crippen LogP contribution in [0.4, 0.5) is 0 Å². The van der Waals surface area contributed by atoms with E-state index in [1.807, 2.05) is 12.1 Å². The summed E-state index contributed by atoms with van der Waals surface area (Å²) >= 11 is 0. The van der Waals surface area contributed by atoms with Gasteiger partial charge in [0.15, 0.2) is 0 Å². The van der Waals surface area contributed by atoms with Gasteiger partial charge in [0.1, 0.15) is 5.75 Å². The molecule has 1 saturated carbocycles. The molecule has 0 atom stereocenters. The fourth-order valence-corrected chi connectivity index (χ4v) is 2.38. The number of rotatable bonds is 2. The van der Waals surface area contributed by atoms with Crippen molar-refractivity contribution in [1.29, 1.82) is 0 Å². The molecule has 0 radical (unpaired) electrons. The van der Waals surface area contributed by atoms with Crippen LogP contribution in [0, 0.1) is 0 Å². The monoisotopic (exact) mass is 206 g/mol. The van der Waals surface area contributed by atoms with E-state index in [-0.39, 0.29) is 5.75 Å². The van der Waals surface area contributed by atoms with E-state index in [1.54, 1.807) is 12.1 Å². The molecule has 2 rings (SSSR count). The maximum absolute atomic E-state index is 10.3. The normalized spacial score (nSPS) is 20.1. The first-order chi connectivity index (χ1) is 7.18. The maximum atomic E-state index is 10.3. The van der Waals surface area contributed by atoms with E-state index in [0.717, 1.165) is 31.2 Å². The zero-order valence-electron chi connectivity index (χ0n) is 8.95. The molecule has 0 heterocycles. The zero-order valence-corrected chi connectivity index (χ0v) is 8.95. The average Bonchev–Trinajstić information content (AvgIpc) is 2.22. The molecule has 0 bridgehead atoms. The van der Waals surface area contributed by atoms with Crippen molar-refractivity contribution in [2.45, 2.75) is 44.1 Å². The van der Waals surface area contributed by atoms with Crippen LogP contribution in [0.1, 0.15) is 37.7 Å². The van der Waals surface area contributed by atoms with Gasteiger partial charge in [-0.15, -0.1) is 0 Å². The van der Waals surface area contributed by atoms with Crippen molar-refractivity contribution in [3.63, 3.8) is 0 Å². The molecular weight excluding hydrogens is 188 g/mol. The van der Waals surface area contributed by atoms with Crippen LogP contribution in [0.2, 0.25) is 0 Å². The summed E-state index contributed by atoms with van der Waals surface area (Å²) in [5.41, 5.74) is 0.604. The van der Waals surface area contributed by atoms with Crippen molar-refractivity contribution in [2.75, 3.05) is 0 Å². The Hall–Kier alpha value is -1.02. The number of benzene rings is 1. The molecule has 0 amide bonds. The molecule has 0 unspecified atom stereocenters. The third kappa shape index (κ3) is 2.72. The molecule has 1 aromatic carbocycles. The second kappa shape index (κ2) is 4.23. The van der Waals surface area contributed by atoms with Gasteiger partial charge < -0.3 is 10.2 Å². The van der Waals surface area contributed by atoms with E-state index < -0.39 is 5.60 Å². The first kappa shape index (κ1) is 10.5. The number of phenols is 1. The lowest BCUT2D eigenvalue weighted by atomic mass is 9.80. The number of hydrogen-bond acceptors (Lipinski definition) is 2. The molecule has 0 aliphatic heterocycles.